The molecular formula is C15H22FN3O3S. The van der Waals surface area contributed by atoms with E-state index in [9.17, 15) is 12.8 Å². The first-order valence-electron chi connectivity index (χ1n) is 7.48. The van der Waals surface area contributed by atoms with E-state index >= 15 is 0 Å². The predicted molar refractivity (Wildman–Crippen MR) is 88.0 cm³/mol. The number of guanidine groups is 1. The van der Waals surface area contributed by atoms with Gasteiger partial charge in [0.25, 0.3) is 0 Å². The van der Waals surface area contributed by atoms with Crippen LogP contribution >= 0.6 is 0 Å². The zero-order valence-electron chi connectivity index (χ0n) is 13.3. The highest BCUT2D eigenvalue weighted by Gasteiger charge is 2.28. The van der Waals surface area contributed by atoms with Crippen LogP contribution in [0.3, 0.4) is 0 Å². The Morgan fingerprint density at radius 1 is 1.48 bits per heavy atom. The maximum Gasteiger partial charge on any atom is 0.191 e. The molecule has 0 amide bonds. The second kappa shape index (κ2) is 7.63. The summed E-state index contributed by atoms with van der Waals surface area (Å²) in [5, 5.41) is 6.14. The summed E-state index contributed by atoms with van der Waals surface area (Å²) in [4.78, 5) is 4.07. The van der Waals surface area contributed by atoms with Crippen molar-refractivity contribution in [2.75, 3.05) is 25.1 Å². The van der Waals surface area contributed by atoms with Gasteiger partial charge in [0.15, 0.2) is 27.4 Å². The van der Waals surface area contributed by atoms with Gasteiger partial charge in [-0.3, -0.25) is 4.99 Å². The maximum absolute atomic E-state index is 13.5. The van der Waals surface area contributed by atoms with Gasteiger partial charge in [-0.15, -0.1) is 0 Å². The summed E-state index contributed by atoms with van der Waals surface area (Å²) in [5.74, 6) is 0.629. The molecule has 128 valence electrons. The maximum atomic E-state index is 13.5. The van der Waals surface area contributed by atoms with Crippen molar-refractivity contribution in [3.05, 3.63) is 30.1 Å². The van der Waals surface area contributed by atoms with Crippen molar-refractivity contribution in [3.8, 4) is 5.75 Å². The standard InChI is InChI=1S/C15H22FN3O3S/c1-11(22-14-6-4-3-5-13(14)16)9-18-15(17-2)19-12-7-8-23(20,21)10-12/h3-6,11-12H,7-10H2,1-2H3,(H2,17,18,19). The van der Waals surface area contributed by atoms with E-state index in [0.29, 0.717) is 18.9 Å². The number of nitrogens with one attached hydrogen (secondary N) is 2. The Morgan fingerprint density at radius 3 is 2.83 bits per heavy atom. The van der Waals surface area contributed by atoms with Crippen LogP contribution in [0.2, 0.25) is 0 Å². The summed E-state index contributed by atoms with van der Waals surface area (Å²) in [6.07, 6.45) is 0.294. The summed E-state index contributed by atoms with van der Waals surface area (Å²) in [7, 11) is -1.33. The van der Waals surface area contributed by atoms with Crippen molar-refractivity contribution >= 4 is 15.8 Å². The topological polar surface area (TPSA) is 79.8 Å². The van der Waals surface area contributed by atoms with Crippen LogP contribution in [0.25, 0.3) is 0 Å². The zero-order chi connectivity index (χ0) is 16.9. The molecule has 6 nitrogen and oxygen atoms in total. The van der Waals surface area contributed by atoms with Gasteiger partial charge in [0.05, 0.1) is 18.1 Å². The number of halogens is 1. The van der Waals surface area contributed by atoms with Crippen LogP contribution in [0, 0.1) is 5.82 Å². The lowest BCUT2D eigenvalue weighted by Crippen LogP contribution is -2.46. The molecule has 8 heteroatoms. The van der Waals surface area contributed by atoms with E-state index in [0.717, 1.165) is 0 Å². The van der Waals surface area contributed by atoms with Gasteiger partial charge in [0.1, 0.15) is 6.10 Å². The second-order valence-corrected chi connectivity index (χ2v) is 7.79. The molecule has 1 aromatic carbocycles. The second-order valence-electron chi connectivity index (χ2n) is 5.56. The molecule has 23 heavy (non-hydrogen) atoms. The van der Waals surface area contributed by atoms with Crippen molar-refractivity contribution in [1.82, 2.24) is 10.6 Å². The van der Waals surface area contributed by atoms with Crippen molar-refractivity contribution in [1.29, 1.82) is 0 Å². The summed E-state index contributed by atoms with van der Waals surface area (Å²) in [6.45, 7) is 2.22. The van der Waals surface area contributed by atoms with E-state index in [4.69, 9.17) is 4.74 Å². The third-order valence-electron chi connectivity index (χ3n) is 3.52. The highest BCUT2D eigenvalue weighted by atomic mass is 32.2. The lowest BCUT2D eigenvalue weighted by atomic mass is 10.3. The first-order chi connectivity index (χ1) is 10.9. The Balaban J connectivity index is 1.80. The Labute approximate surface area is 136 Å². The third-order valence-corrected chi connectivity index (χ3v) is 5.29. The fraction of sp³-hybridized carbons (Fsp3) is 0.533. The number of nitrogens with zero attached hydrogens (tertiary/aromatic N) is 1. The highest BCUT2D eigenvalue weighted by Crippen LogP contribution is 2.16. The summed E-state index contributed by atoms with van der Waals surface area (Å²) >= 11 is 0. The van der Waals surface area contributed by atoms with E-state index < -0.39 is 15.7 Å². The average Bonchev–Trinajstić information content (AvgIpc) is 2.85. The molecule has 1 fully saturated rings. The minimum atomic E-state index is -2.94. The Bertz CT molecular complexity index is 664. The van der Waals surface area contributed by atoms with E-state index in [1.165, 1.54) is 6.07 Å². The third kappa shape index (κ3) is 5.38. The van der Waals surface area contributed by atoms with Gasteiger partial charge in [-0.05, 0) is 25.5 Å². The first kappa shape index (κ1) is 17.5. The molecule has 2 atom stereocenters. The molecule has 1 aliphatic heterocycles. The highest BCUT2D eigenvalue weighted by molar-refractivity contribution is 7.91. The normalized spacial score (nSPS) is 21.7. The Kier molecular flexibility index (Phi) is 5.81. The molecule has 2 N–H and O–H groups in total. The minimum absolute atomic E-state index is 0.120. The van der Waals surface area contributed by atoms with Crippen LogP contribution < -0.4 is 15.4 Å². The molecular weight excluding hydrogens is 321 g/mol. The van der Waals surface area contributed by atoms with Crippen molar-refractivity contribution in [2.24, 2.45) is 4.99 Å². The van der Waals surface area contributed by atoms with Gasteiger partial charge in [-0.2, -0.15) is 0 Å². The zero-order valence-corrected chi connectivity index (χ0v) is 14.1. The van der Waals surface area contributed by atoms with Gasteiger partial charge < -0.3 is 15.4 Å². The van der Waals surface area contributed by atoms with Crippen molar-refractivity contribution in [3.63, 3.8) is 0 Å². The van der Waals surface area contributed by atoms with E-state index in [-0.39, 0.29) is 29.4 Å². The van der Waals surface area contributed by atoms with Crippen LogP contribution in [0.15, 0.2) is 29.3 Å². The SMILES string of the molecule is CN=C(NCC(C)Oc1ccccc1F)NC1CCS(=O)(=O)C1. The van der Waals surface area contributed by atoms with Crippen LogP contribution in [-0.2, 0) is 9.84 Å². The number of benzene rings is 1. The van der Waals surface area contributed by atoms with Crippen molar-refractivity contribution < 1.29 is 17.5 Å². The largest absolute Gasteiger partial charge is 0.486 e. The molecule has 0 aromatic heterocycles. The summed E-state index contributed by atoms with van der Waals surface area (Å²) < 4.78 is 42.0. The Morgan fingerprint density at radius 2 is 2.22 bits per heavy atom. The summed E-state index contributed by atoms with van der Waals surface area (Å²) in [6, 6.07) is 6.10. The molecule has 0 spiro atoms. The number of sulfone groups is 1. The van der Waals surface area contributed by atoms with Crippen LogP contribution in [0.1, 0.15) is 13.3 Å². The molecule has 1 saturated heterocycles. The van der Waals surface area contributed by atoms with Crippen LogP contribution in [0.4, 0.5) is 4.39 Å². The minimum Gasteiger partial charge on any atom is -0.486 e. The number of ether oxygens (including phenoxy) is 1. The monoisotopic (exact) mass is 343 g/mol. The van der Waals surface area contributed by atoms with Crippen molar-refractivity contribution in [2.45, 2.75) is 25.5 Å². The van der Waals surface area contributed by atoms with Gasteiger partial charge in [-0.25, -0.2) is 12.8 Å². The smallest absolute Gasteiger partial charge is 0.191 e. The molecule has 1 aromatic rings. The number of hydrogen-bond acceptors (Lipinski definition) is 4. The quantitative estimate of drug-likeness (QED) is 0.615. The van der Waals surface area contributed by atoms with E-state index in [1.807, 2.05) is 6.92 Å². The number of hydrogen-bond donors (Lipinski definition) is 2. The molecule has 1 heterocycles. The summed E-state index contributed by atoms with van der Waals surface area (Å²) in [5.41, 5.74) is 0. The fourth-order valence-corrected chi connectivity index (χ4v) is 4.01. The fourth-order valence-electron chi connectivity index (χ4n) is 2.34. The lowest BCUT2D eigenvalue weighted by Gasteiger charge is -2.19. The van der Waals surface area contributed by atoms with Crippen LogP contribution in [-0.4, -0.2) is 51.6 Å². The molecule has 1 aliphatic rings. The van der Waals surface area contributed by atoms with Crippen LogP contribution in [0.5, 0.6) is 5.75 Å². The molecule has 0 bridgehead atoms. The van der Waals surface area contributed by atoms with Gasteiger partial charge >= 0.3 is 0 Å². The first-order valence-corrected chi connectivity index (χ1v) is 9.30. The molecule has 0 saturated carbocycles. The number of aliphatic imine (C=N–C) groups is 1. The van der Waals surface area contributed by atoms with Gasteiger partial charge in [0.2, 0.25) is 0 Å². The molecule has 2 rings (SSSR count). The molecule has 0 radical (unpaired) electrons. The number of para-hydroxylation sites is 1. The molecule has 2 unspecified atom stereocenters. The predicted octanol–water partition coefficient (Wildman–Crippen LogP) is 0.945. The van der Waals surface area contributed by atoms with Gasteiger partial charge in [0, 0.05) is 13.1 Å². The number of rotatable bonds is 5. The lowest BCUT2D eigenvalue weighted by molar-refractivity contribution is 0.214. The average molecular weight is 343 g/mol. The Hall–Kier alpha value is -1.83. The van der Waals surface area contributed by atoms with E-state index in [1.54, 1.807) is 25.2 Å². The van der Waals surface area contributed by atoms with Gasteiger partial charge in [-0.1, -0.05) is 12.1 Å². The van der Waals surface area contributed by atoms with E-state index in [2.05, 4.69) is 15.6 Å². The molecule has 0 aliphatic carbocycles.